The van der Waals surface area contributed by atoms with Crippen molar-refractivity contribution in [1.29, 1.82) is 0 Å². The molecule has 0 radical (unpaired) electrons. The van der Waals surface area contributed by atoms with E-state index in [0.717, 1.165) is 12.2 Å². The summed E-state index contributed by atoms with van der Waals surface area (Å²) < 4.78 is 10.5. The van der Waals surface area contributed by atoms with Crippen LogP contribution in [0.4, 0.5) is 10.5 Å². The molecular formula is C17H26N4O4. The monoisotopic (exact) mass is 350 g/mol. The number of hydrogen-bond donors (Lipinski definition) is 2. The molecule has 1 fully saturated rings. The topological polar surface area (TPSA) is 83.1 Å². The van der Waals surface area contributed by atoms with Crippen molar-refractivity contribution in [3.63, 3.8) is 0 Å². The van der Waals surface area contributed by atoms with Gasteiger partial charge < -0.3 is 29.9 Å². The van der Waals surface area contributed by atoms with Crippen molar-refractivity contribution >= 4 is 17.6 Å². The Morgan fingerprint density at radius 1 is 1.28 bits per heavy atom. The summed E-state index contributed by atoms with van der Waals surface area (Å²) in [6.45, 7) is 1.74. The molecule has 1 aliphatic rings. The fourth-order valence-electron chi connectivity index (χ4n) is 2.68. The molecule has 0 spiro atoms. The molecule has 8 nitrogen and oxygen atoms in total. The van der Waals surface area contributed by atoms with E-state index in [1.165, 1.54) is 0 Å². The molecule has 1 unspecified atom stereocenters. The van der Waals surface area contributed by atoms with Crippen molar-refractivity contribution in [2.45, 2.75) is 12.5 Å². The number of hydrogen-bond acceptors (Lipinski definition) is 5. The third kappa shape index (κ3) is 4.99. The highest BCUT2D eigenvalue weighted by Crippen LogP contribution is 2.33. The van der Waals surface area contributed by atoms with E-state index in [-0.39, 0.29) is 24.4 Å². The van der Waals surface area contributed by atoms with Crippen LogP contribution in [0.15, 0.2) is 18.2 Å². The molecule has 8 heteroatoms. The molecule has 138 valence electrons. The highest BCUT2D eigenvalue weighted by Gasteiger charge is 2.32. The fourth-order valence-corrected chi connectivity index (χ4v) is 2.68. The van der Waals surface area contributed by atoms with Crippen molar-refractivity contribution in [3.05, 3.63) is 18.2 Å². The Balaban J connectivity index is 1.95. The van der Waals surface area contributed by atoms with E-state index in [4.69, 9.17) is 9.47 Å². The van der Waals surface area contributed by atoms with Crippen LogP contribution in [0.3, 0.4) is 0 Å². The van der Waals surface area contributed by atoms with Gasteiger partial charge in [-0.1, -0.05) is 0 Å². The van der Waals surface area contributed by atoms with E-state index in [9.17, 15) is 9.59 Å². The normalized spacial score (nSPS) is 16.9. The summed E-state index contributed by atoms with van der Waals surface area (Å²) in [5.41, 5.74) is 0.722. The van der Waals surface area contributed by atoms with Crippen LogP contribution in [0.25, 0.3) is 0 Å². The first kappa shape index (κ1) is 18.9. The number of anilines is 1. The maximum absolute atomic E-state index is 12.3. The minimum Gasteiger partial charge on any atom is -0.493 e. The molecule has 25 heavy (non-hydrogen) atoms. The van der Waals surface area contributed by atoms with Gasteiger partial charge in [-0.3, -0.25) is 4.79 Å². The zero-order valence-electron chi connectivity index (χ0n) is 15.2. The lowest BCUT2D eigenvalue weighted by Crippen LogP contribution is -2.45. The summed E-state index contributed by atoms with van der Waals surface area (Å²) in [4.78, 5) is 27.8. The average molecular weight is 350 g/mol. The molecule has 1 aliphatic heterocycles. The van der Waals surface area contributed by atoms with Crippen LogP contribution in [-0.4, -0.2) is 70.8 Å². The van der Waals surface area contributed by atoms with Gasteiger partial charge in [-0.2, -0.15) is 0 Å². The third-order valence-corrected chi connectivity index (χ3v) is 3.98. The molecule has 0 aliphatic carbocycles. The number of rotatable bonds is 7. The minimum absolute atomic E-state index is 0.0363. The average Bonchev–Trinajstić information content (AvgIpc) is 2.94. The highest BCUT2D eigenvalue weighted by molar-refractivity contribution is 5.97. The highest BCUT2D eigenvalue weighted by atomic mass is 16.5. The number of urea groups is 1. The van der Waals surface area contributed by atoms with Crippen LogP contribution >= 0.6 is 0 Å². The number of ether oxygens (including phenoxy) is 2. The number of likely N-dealkylation sites (N-methyl/N-ethyl adjacent to an activating group) is 1. The zero-order chi connectivity index (χ0) is 18.4. The van der Waals surface area contributed by atoms with Gasteiger partial charge in [-0.15, -0.1) is 0 Å². The molecule has 3 amide bonds. The van der Waals surface area contributed by atoms with Gasteiger partial charge in [0.2, 0.25) is 5.91 Å². The Kier molecular flexibility index (Phi) is 6.46. The van der Waals surface area contributed by atoms with Gasteiger partial charge in [0.15, 0.2) is 11.5 Å². The molecule has 2 rings (SSSR count). The molecular weight excluding hydrogens is 324 g/mol. The lowest BCUT2D eigenvalue weighted by molar-refractivity contribution is -0.117. The Bertz CT molecular complexity index is 621. The van der Waals surface area contributed by atoms with E-state index in [1.807, 2.05) is 19.0 Å². The predicted octanol–water partition coefficient (Wildman–Crippen LogP) is 0.670. The standard InChI is InChI=1S/C17H26N4O4/c1-20(2)8-7-18-17(23)19-12-9-16(22)21(11-12)13-5-6-14(24-3)15(10-13)25-4/h5-6,10,12H,7-9,11H2,1-4H3,(H2,18,19,23). The smallest absolute Gasteiger partial charge is 0.315 e. The quantitative estimate of drug-likeness (QED) is 0.755. The van der Waals surface area contributed by atoms with Crippen molar-refractivity contribution in [1.82, 2.24) is 15.5 Å². The molecule has 1 aromatic rings. The van der Waals surface area contributed by atoms with Crippen LogP contribution < -0.4 is 25.0 Å². The first-order chi connectivity index (χ1) is 11.9. The van der Waals surface area contributed by atoms with E-state index in [2.05, 4.69) is 10.6 Å². The zero-order valence-corrected chi connectivity index (χ0v) is 15.2. The van der Waals surface area contributed by atoms with Gasteiger partial charge in [-0.05, 0) is 26.2 Å². The van der Waals surface area contributed by atoms with E-state index >= 15 is 0 Å². The van der Waals surface area contributed by atoms with E-state index < -0.39 is 0 Å². The Hall–Kier alpha value is -2.48. The molecule has 0 bridgehead atoms. The van der Waals surface area contributed by atoms with Crippen molar-refractivity contribution in [2.75, 3.05) is 52.8 Å². The third-order valence-electron chi connectivity index (χ3n) is 3.98. The largest absolute Gasteiger partial charge is 0.493 e. The van der Waals surface area contributed by atoms with E-state index in [0.29, 0.717) is 24.6 Å². The number of amides is 3. The van der Waals surface area contributed by atoms with Gasteiger partial charge in [0, 0.05) is 37.8 Å². The number of carbonyl (C=O) groups excluding carboxylic acids is 2. The summed E-state index contributed by atoms with van der Waals surface area (Å²) >= 11 is 0. The number of nitrogens with zero attached hydrogens (tertiary/aromatic N) is 2. The first-order valence-electron chi connectivity index (χ1n) is 8.16. The van der Waals surface area contributed by atoms with Crippen LogP contribution in [0.5, 0.6) is 11.5 Å². The SMILES string of the molecule is COc1ccc(N2CC(NC(=O)NCCN(C)C)CC2=O)cc1OC. The van der Waals surface area contributed by atoms with Crippen molar-refractivity contribution in [2.24, 2.45) is 0 Å². The summed E-state index contributed by atoms with van der Waals surface area (Å²) in [5.74, 6) is 1.13. The molecule has 2 N–H and O–H groups in total. The summed E-state index contributed by atoms with van der Waals surface area (Å²) in [5, 5.41) is 5.63. The molecule has 1 heterocycles. The number of methoxy groups -OCH3 is 2. The van der Waals surface area contributed by atoms with Gasteiger partial charge in [0.1, 0.15) is 0 Å². The Morgan fingerprint density at radius 3 is 2.64 bits per heavy atom. The summed E-state index contributed by atoms with van der Waals surface area (Å²) in [7, 11) is 7.00. The van der Waals surface area contributed by atoms with Crippen LogP contribution in [0, 0.1) is 0 Å². The van der Waals surface area contributed by atoms with Gasteiger partial charge in [0.05, 0.1) is 20.3 Å². The minimum atomic E-state index is -0.256. The maximum atomic E-state index is 12.3. The van der Waals surface area contributed by atoms with E-state index in [1.54, 1.807) is 37.3 Å². The maximum Gasteiger partial charge on any atom is 0.315 e. The van der Waals surface area contributed by atoms with Gasteiger partial charge >= 0.3 is 6.03 Å². The lowest BCUT2D eigenvalue weighted by atomic mass is 10.2. The Morgan fingerprint density at radius 2 is 2.00 bits per heavy atom. The Labute approximate surface area is 148 Å². The van der Waals surface area contributed by atoms with Crippen LogP contribution in [0.1, 0.15) is 6.42 Å². The molecule has 1 aromatic carbocycles. The second-order valence-electron chi connectivity index (χ2n) is 6.15. The second kappa shape index (κ2) is 8.57. The number of benzene rings is 1. The lowest BCUT2D eigenvalue weighted by Gasteiger charge is -2.19. The molecule has 1 saturated heterocycles. The van der Waals surface area contributed by atoms with Crippen molar-refractivity contribution < 1.29 is 19.1 Å². The second-order valence-corrected chi connectivity index (χ2v) is 6.15. The molecule has 1 atom stereocenters. The number of nitrogens with one attached hydrogen (secondary N) is 2. The predicted molar refractivity (Wildman–Crippen MR) is 95.4 cm³/mol. The summed E-state index contributed by atoms with van der Waals surface area (Å²) in [6.07, 6.45) is 0.273. The van der Waals surface area contributed by atoms with Crippen molar-refractivity contribution in [3.8, 4) is 11.5 Å². The van der Waals surface area contributed by atoms with Crippen LogP contribution in [-0.2, 0) is 4.79 Å². The molecule has 0 aromatic heterocycles. The molecule has 0 saturated carbocycles. The van der Waals surface area contributed by atoms with Gasteiger partial charge in [-0.25, -0.2) is 4.79 Å². The summed E-state index contributed by atoms with van der Waals surface area (Å²) in [6, 6.07) is 4.85. The van der Waals surface area contributed by atoms with Crippen LogP contribution in [0.2, 0.25) is 0 Å². The fraction of sp³-hybridized carbons (Fsp3) is 0.529. The van der Waals surface area contributed by atoms with Gasteiger partial charge in [0.25, 0.3) is 0 Å². The number of carbonyl (C=O) groups is 2. The first-order valence-corrected chi connectivity index (χ1v) is 8.16.